The topological polar surface area (TPSA) is 33.2 Å². The maximum Gasteiger partial charge on any atom is 0.273 e. The quantitative estimate of drug-likeness (QED) is 0.803. The summed E-state index contributed by atoms with van der Waals surface area (Å²) in [6, 6.07) is 9.22. The lowest BCUT2D eigenvalue weighted by atomic mass is 10.2. The van der Waals surface area contributed by atoms with Crippen LogP contribution in [0.2, 0.25) is 5.15 Å². The van der Waals surface area contributed by atoms with Gasteiger partial charge in [-0.15, -0.1) is 11.3 Å². The van der Waals surface area contributed by atoms with Crippen LogP contribution in [-0.2, 0) is 6.54 Å². The molecule has 2 aromatic heterocycles. The Kier molecular flexibility index (Phi) is 4.56. The highest BCUT2D eigenvalue weighted by Gasteiger charge is 2.20. The Hall–Kier alpha value is -1.39. The highest BCUT2D eigenvalue weighted by Crippen LogP contribution is 2.17. The lowest BCUT2D eigenvalue weighted by Gasteiger charge is -2.26. The zero-order chi connectivity index (χ0) is 13.8. The maximum absolute atomic E-state index is 12.5. The van der Waals surface area contributed by atoms with E-state index in [0.29, 0.717) is 17.4 Å². The smallest absolute Gasteiger partial charge is 0.273 e. The van der Waals surface area contributed by atoms with Crippen molar-refractivity contribution in [1.29, 1.82) is 0 Å². The van der Waals surface area contributed by atoms with Gasteiger partial charge in [0.05, 0.1) is 6.54 Å². The predicted octanol–water partition coefficient (Wildman–Crippen LogP) is 3.85. The molecule has 19 heavy (non-hydrogen) atoms. The van der Waals surface area contributed by atoms with Crippen molar-refractivity contribution in [3.63, 3.8) is 0 Å². The molecule has 0 unspecified atom stereocenters. The molecule has 0 aromatic carbocycles. The second-order valence-corrected chi connectivity index (χ2v) is 5.87. The normalized spacial score (nSPS) is 10.7. The molecule has 1 amide bonds. The number of halogens is 1. The van der Waals surface area contributed by atoms with Gasteiger partial charge in [-0.1, -0.05) is 23.7 Å². The third-order valence-corrected chi connectivity index (χ3v) is 3.80. The molecule has 2 heterocycles. The molecule has 2 aromatic rings. The summed E-state index contributed by atoms with van der Waals surface area (Å²) < 4.78 is 0. The number of aromatic nitrogens is 1. The van der Waals surface area contributed by atoms with Crippen molar-refractivity contribution in [2.75, 3.05) is 0 Å². The number of amides is 1. The molecule has 0 aliphatic carbocycles. The van der Waals surface area contributed by atoms with Crippen LogP contribution in [0.25, 0.3) is 0 Å². The lowest BCUT2D eigenvalue weighted by molar-refractivity contribution is 0.0686. The molecule has 0 spiro atoms. The van der Waals surface area contributed by atoms with Gasteiger partial charge in [-0.05, 0) is 37.4 Å². The first-order chi connectivity index (χ1) is 9.08. The Morgan fingerprint density at radius 1 is 1.37 bits per heavy atom. The van der Waals surface area contributed by atoms with Crippen molar-refractivity contribution >= 4 is 28.8 Å². The van der Waals surface area contributed by atoms with E-state index in [1.54, 1.807) is 34.4 Å². The second-order valence-electron chi connectivity index (χ2n) is 4.45. The molecule has 5 heteroatoms. The number of carbonyl (C=O) groups is 1. The van der Waals surface area contributed by atoms with Crippen LogP contribution in [0.15, 0.2) is 35.7 Å². The van der Waals surface area contributed by atoms with Gasteiger partial charge in [-0.2, -0.15) is 0 Å². The fourth-order valence-electron chi connectivity index (χ4n) is 1.73. The molecule has 0 aliphatic rings. The van der Waals surface area contributed by atoms with Crippen LogP contribution in [0.4, 0.5) is 0 Å². The summed E-state index contributed by atoms with van der Waals surface area (Å²) in [4.78, 5) is 19.5. The molecule has 0 N–H and O–H groups in total. The highest BCUT2D eigenvalue weighted by molar-refractivity contribution is 7.09. The maximum atomic E-state index is 12.5. The summed E-state index contributed by atoms with van der Waals surface area (Å²) in [7, 11) is 0. The Labute approximate surface area is 121 Å². The zero-order valence-corrected chi connectivity index (χ0v) is 12.4. The third-order valence-electron chi connectivity index (χ3n) is 2.72. The van der Waals surface area contributed by atoms with E-state index >= 15 is 0 Å². The summed E-state index contributed by atoms with van der Waals surface area (Å²) in [5, 5.41) is 2.35. The lowest BCUT2D eigenvalue weighted by Crippen LogP contribution is -2.36. The van der Waals surface area contributed by atoms with Gasteiger partial charge < -0.3 is 4.90 Å². The molecule has 100 valence electrons. The van der Waals surface area contributed by atoms with Gasteiger partial charge in [0.15, 0.2) is 0 Å². The van der Waals surface area contributed by atoms with E-state index in [-0.39, 0.29) is 11.9 Å². The van der Waals surface area contributed by atoms with Crippen LogP contribution in [0.1, 0.15) is 29.2 Å². The van der Waals surface area contributed by atoms with E-state index in [2.05, 4.69) is 4.98 Å². The van der Waals surface area contributed by atoms with Gasteiger partial charge in [0.1, 0.15) is 10.8 Å². The Bertz CT molecular complexity index is 554. The number of hydrogen-bond acceptors (Lipinski definition) is 3. The minimum absolute atomic E-state index is 0.0918. The van der Waals surface area contributed by atoms with Crippen molar-refractivity contribution < 1.29 is 4.79 Å². The number of carbonyl (C=O) groups excluding carboxylic acids is 1. The van der Waals surface area contributed by atoms with Crippen molar-refractivity contribution in [3.8, 4) is 0 Å². The van der Waals surface area contributed by atoms with Gasteiger partial charge >= 0.3 is 0 Å². The van der Waals surface area contributed by atoms with Crippen molar-refractivity contribution in [1.82, 2.24) is 9.88 Å². The predicted molar refractivity (Wildman–Crippen MR) is 78.6 cm³/mol. The molecular formula is C14H15ClN2OS. The van der Waals surface area contributed by atoms with Gasteiger partial charge in [0, 0.05) is 10.9 Å². The first-order valence-electron chi connectivity index (χ1n) is 6.04. The summed E-state index contributed by atoms with van der Waals surface area (Å²) >= 11 is 7.48. The minimum atomic E-state index is -0.0918. The first-order valence-corrected chi connectivity index (χ1v) is 7.29. The van der Waals surface area contributed by atoms with Gasteiger partial charge in [0.25, 0.3) is 5.91 Å². The van der Waals surface area contributed by atoms with E-state index in [1.165, 1.54) is 0 Å². The SMILES string of the molecule is CC(C)N(Cc1cccs1)C(=O)c1cccc(Cl)n1. The van der Waals surface area contributed by atoms with Gasteiger partial charge in [-0.3, -0.25) is 4.79 Å². The molecular weight excluding hydrogens is 280 g/mol. The van der Waals surface area contributed by atoms with E-state index in [0.717, 1.165) is 4.88 Å². The molecule has 3 nitrogen and oxygen atoms in total. The number of rotatable bonds is 4. The fraction of sp³-hybridized carbons (Fsp3) is 0.286. The molecule has 0 saturated heterocycles. The Morgan fingerprint density at radius 3 is 2.74 bits per heavy atom. The minimum Gasteiger partial charge on any atom is -0.330 e. The summed E-state index contributed by atoms with van der Waals surface area (Å²) in [5.41, 5.74) is 0.387. The zero-order valence-electron chi connectivity index (χ0n) is 10.8. The molecule has 0 fully saturated rings. The molecule has 2 rings (SSSR count). The average Bonchev–Trinajstić information content (AvgIpc) is 2.87. The Morgan fingerprint density at radius 2 is 2.16 bits per heavy atom. The van der Waals surface area contributed by atoms with Crippen molar-refractivity contribution in [2.24, 2.45) is 0 Å². The van der Waals surface area contributed by atoms with Crippen LogP contribution in [0.3, 0.4) is 0 Å². The average molecular weight is 295 g/mol. The number of thiophene rings is 1. The number of nitrogens with zero attached hydrogens (tertiary/aromatic N) is 2. The third kappa shape index (κ3) is 3.55. The summed E-state index contributed by atoms with van der Waals surface area (Å²) in [6.45, 7) is 4.59. The van der Waals surface area contributed by atoms with E-state index < -0.39 is 0 Å². The number of pyridine rings is 1. The number of hydrogen-bond donors (Lipinski definition) is 0. The van der Waals surface area contributed by atoms with E-state index in [9.17, 15) is 4.79 Å². The van der Waals surface area contributed by atoms with Crippen LogP contribution in [0, 0.1) is 0 Å². The van der Waals surface area contributed by atoms with Gasteiger partial charge in [0.2, 0.25) is 0 Å². The molecule has 0 saturated carbocycles. The standard InChI is InChI=1S/C14H15ClN2OS/c1-10(2)17(9-11-5-4-8-19-11)14(18)12-6-3-7-13(15)16-12/h3-8,10H,9H2,1-2H3. The van der Waals surface area contributed by atoms with E-state index in [4.69, 9.17) is 11.6 Å². The monoisotopic (exact) mass is 294 g/mol. The molecule has 0 radical (unpaired) electrons. The van der Waals surface area contributed by atoms with Crippen LogP contribution in [-0.4, -0.2) is 21.8 Å². The van der Waals surface area contributed by atoms with Crippen LogP contribution in [0.5, 0.6) is 0 Å². The highest BCUT2D eigenvalue weighted by atomic mass is 35.5. The van der Waals surface area contributed by atoms with E-state index in [1.807, 2.05) is 31.4 Å². The fourth-order valence-corrected chi connectivity index (χ4v) is 2.60. The van der Waals surface area contributed by atoms with Gasteiger partial charge in [-0.25, -0.2) is 4.98 Å². The van der Waals surface area contributed by atoms with Crippen LogP contribution < -0.4 is 0 Å². The molecule has 0 bridgehead atoms. The Balaban J connectivity index is 2.21. The van der Waals surface area contributed by atoms with Crippen molar-refractivity contribution in [3.05, 3.63) is 51.4 Å². The summed E-state index contributed by atoms with van der Waals surface area (Å²) in [6.07, 6.45) is 0. The first kappa shape index (κ1) is 14.0. The second kappa shape index (κ2) is 6.17. The summed E-state index contributed by atoms with van der Waals surface area (Å²) in [5.74, 6) is -0.0918. The largest absolute Gasteiger partial charge is 0.330 e. The van der Waals surface area contributed by atoms with Crippen LogP contribution >= 0.6 is 22.9 Å². The van der Waals surface area contributed by atoms with Crippen molar-refractivity contribution in [2.45, 2.75) is 26.4 Å². The molecule has 0 aliphatic heterocycles. The molecule has 0 atom stereocenters.